The molecule has 1 N–H and O–H groups in total. The molecule has 0 aromatic heterocycles. The van der Waals surface area contributed by atoms with Crippen molar-refractivity contribution in [2.45, 2.75) is 27.3 Å². The molecule has 1 rings (SSSR count). The van der Waals surface area contributed by atoms with Gasteiger partial charge in [-0.3, -0.25) is 4.90 Å². The van der Waals surface area contributed by atoms with Crippen molar-refractivity contribution in [1.82, 2.24) is 15.1 Å². The lowest BCUT2D eigenvalue weighted by Gasteiger charge is -2.22. The van der Waals surface area contributed by atoms with Crippen molar-refractivity contribution < 1.29 is 0 Å². The van der Waals surface area contributed by atoms with E-state index in [2.05, 4.69) is 66.2 Å². The highest BCUT2D eigenvalue weighted by Gasteiger charge is 2.03. The Labute approximate surface area is 125 Å². The van der Waals surface area contributed by atoms with E-state index in [1.54, 1.807) is 0 Å². The molecule has 3 nitrogen and oxygen atoms in total. The van der Waals surface area contributed by atoms with Crippen LogP contribution in [0.15, 0.2) is 30.3 Å². The van der Waals surface area contributed by atoms with Gasteiger partial charge in [0.05, 0.1) is 0 Å². The normalized spacial score (nSPS) is 11.4. The second-order valence-electron chi connectivity index (χ2n) is 5.13. The fourth-order valence-corrected chi connectivity index (χ4v) is 2.33. The Morgan fingerprint density at radius 1 is 0.800 bits per heavy atom. The van der Waals surface area contributed by atoms with Crippen LogP contribution >= 0.6 is 0 Å². The van der Waals surface area contributed by atoms with Crippen LogP contribution in [0.4, 0.5) is 0 Å². The van der Waals surface area contributed by atoms with E-state index in [1.807, 2.05) is 0 Å². The fourth-order valence-electron chi connectivity index (χ4n) is 2.33. The molecule has 0 spiro atoms. The molecule has 1 aromatic carbocycles. The van der Waals surface area contributed by atoms with E-state index in [9.17, 15) is 0 Å². The SMILES string of the molecule is CCN(CC)CCNCCN(CC)Cc1ccccc1. The van der Waals surface area contributed by atoms with E-state index >= 15 is 0 Å². The number of benzene rings is 1. The predicted molar refractivity (Wildman–Crippen MR) is 88.1 cm³/mol. The summed E-state index contributed by atoms with van der Waals surface area (Å²) in [5.41, 5.74) is 1.40. The lowest BCUT2D eigenvalue weighted by molar-refractivity contribution is 0.269. The Bertz CT molecular complexity index is 322. The molecule has 3 heteroatoms. The number of nitrogens with one attached hydrogen (secondary N) is 1. The van der Waals surface area contributed by atoms with Gasteiger partial charge in [0.2, 0.25) is 0 Å². The Morgan fingerprint density at radius 3 is 1.90 bits per heavy atom. The number of hydrogen-bond acceptors (Lipinski definition) is 3. The number of likely N-dealkylation sites (N-methyl/N-ethyl adjacent to an activating group) is 2. The molecule has 0 radical (unpaired) electrons. The number of rotatable bonds is 11. The van der Waals surface area contributed by atoms with Crippen LogP contribution in [0.1, 0.15) is 26.3 Å². The van der Waals surface area contributed by atoms with Crippen LogP contribution in [-0.4, -0.2) is 55.6 Å². The Balaban J connectivity index is 2.15. The van der Waals surface area contributed by atoms with Crippen LogP contribution in [0.5, 0.6) is 0 Å². The molecule has 0 aliphatic heterocycles. The zero-order chi connectivity index (χ0) is 14.6. The van der Waals surface area contributed by atoms with Crippen molar-refractivity contribution in [1.29, 1.82) is 0 Å². The van der Waals surface area contributed by atoms with Gasteiger partial charge in [-0.15, -0.1) is 0 Å². The molecule has 1 aromatic rings. The quantitative estimate of drug-likeness (QED) is 0.627. The monoisotopic (exact) mass is 277 g/mol. The lowest BCUT2D eigenvalue weighted by atomic mass is 10.2. The second kappa shape index (κ2) is 10.8. The smallest absolute Gasteiger partial charge is 0.0234 e. The van der Waals surface area contributed by atoms with E-state index in [-0.39, 0.29) is 0 Å². The molecule has 0 bridgehead atoms. The van der Waals surface area contributed by atoms with E-state index in [0.29, 0.717) is 0 Å². The molecule has 20 heavy (non-hydrogen) atoms. The molecule has 0 saturated carbocycles. The summed E-state index contributed by atoms with van der Waals surface area (Å²) in [5.74, 6) is 0. The zero-order valence-electron chi connectivity index (χ0n) is 13.4. The van der Waals surface area contributed by atoms with Crippen LogP contribution in [0, 0.1) is 0 Å². The maximum Gasteiger partial charge on any atom is 0.0234 e. The van der Waals surface area contributed by atoms with Gasteiger partial charge in [0.1, 0.15) is 0 Å². The third-order valence-electron chi connectivity index (χ3n) is 3.80. The summed E-state index contributed by atoms with van der Waals surface area (Å²) in [5, 5.41) is 3.55. The van der Waals surface area contributed by atoms with Crippen LogP contribution < -0.4 is 5.32 Å². The molecule has 0 aliphatic carbocycles. The zero-order valence-corrected chi connectivity index (χ0v) is 13.4. The molecule has 114 valence electrons. The minimum Gasteiger partial charge on any atom is -0.314 e. The summed E-state index contributed by atoms with van der Waals surface area (Å²) in [6.07, 6.45) is 0. The molecular weight excluding hydrogens is 246 g/mol. The largest absolute Gasteiger partial charge is 0.314 e. The van der Waals surface area contributed by atoms with Crippen molar-refractivity contribution in [2.24, 2.45) is 0 Å². The first-order valence-electron chi connectivity index (χ1n) is 7.99. The summed E-state index contributed by atoms with van der Waals surface area (Å²) in [7, 11) is 0. The predicted octanol–water partition coefficient (Wildman–Crippen LogP) is 2.44. The van der Waals surface area contributed by atoms with E-state index < -0.39 is 0 Å². The molecule has 0 saturated heterocycles. The van der Waals surface area contributed by atoms with Gasteiger partial charge < -0.3 is 10.2 Å². The van der Waals surface area contributed by atoms with E-state index in [0.717, 1.165) is 52.4 Å². The maximum absolute atomic E-state index is 3.55. The molecule has 0 fully saturated rings. The minimum atomic E-state index is 1.05. The van der Waals surface area contributed by atoms with Crippen LogP contribution in [0.25, 0.3) is 0 Å². The van der Waals surface area contributed by atoms with Crippen molar-refractivity contribution in [3.8, 4) is 0 Å². The maximum atomic E-state index is 3.55. The van der Waals surface area contributed by atoms with Gasteiger partial charge in [0.15, 0.2) is 0 Å². The van der Waals surface area contributed by atoms with Gasteiger partial charge in [-0.2, -0.15) is 0 Å². The number of hydrogen-bond donors (Lipinski definition) is 1. The first-order chi connectivity index (χ1) is 9.80. The fraction of sp³-hybridized carbons (Fsp3) is 0.647. The van der Waals surface area contributed by atoms with Crippen molar-refractivity contribution >= 4 is 0 Å². The molecule has 0 heterocycles. The van der Waals surface area contributed by atoms with Gasteiger partial charge in [-0.05, 0) is 25.2 Å². The number of nitrogens with zero attached hydrogens (tertiary/aromatic N) is 2. The average molecular weight is 277 g/mol. The molecular formula is C17H31N3. The van der Waals surface area contributed by atoms with Gasteiger partial charge in [-0.1, -0.05) is 51.1 Å². The summed E-state index contributed by atoms with van der Waals surface area (Å²) in [4.78, 5) is 4.94. The first-order valence-corrected chi connectivity index (χ1v) is 7.99. The molecule has 0 amide bonds. The van der Waals surface area contributed by atoms with Crippen molar-refractivity contribution in [3.63, 3.8) is 0 Å². The third kappa shape index (κ3) is 7.04. The van der Waals surface area contributed by atoms with Crippen molar-refractivity contribution in [3.05, 3.63) is 35.9 Å². The van der Waals surface area contributed by atoms with Crippen LogP contribution in [0.3, 0.4) is 0 Å². The lowest BCUT2D eigenvalue weighted by Crippen LogP contribution is -2.36. The van der Waals surface area contributed by atoms with Gasteiger partial charge >= 0.3 is 0 Å². The topological polar surface area (TPSA) is 18.5 Å². The Morgan fingerprint density at radius 2 is 1.35 bits per heavy atom. The van der Waals surface area contributed by atoms with E-state index in [4.69, 9.17) is 0 Å². The summed E-state index contributed by atoms with van der Waals surface area (Å²) in [6.45, 7) is 15.6. The van der Waals surface area contributed by atoms with E-state index in [1.165, 1.54) is 5.56 Å². The molecule has 0 aliphatic rings. The minimum absolute atomic E-state index is 1.05. The Kier molecular flexibility index (Phi) is 9.29. The van der Waals surface area contributed by atoms with Crippen molar-refractivity contribution in [2.75, 3.05) is 45.8 Å². The first kappa shape index (κ1) is 17.2. The highest BCUT2D eigenvalue weighted by Crippen LogP contribution is 2.03. The summed E-state index contributed by atoms with van der Waals surface area (Å²) < 4.78 is 0. The highest BCUT2D eigenvalue weighted by molar-refractivity contribution is 5.14. The van der Waals surface area contributed by atoms with Gasteiger partial charge in [0, 0.05) is 32.7 Å². The third-order valence-corrected chi connectivity index (χ3v) is 3.80. The second-order valence-corrected chi connectivity index (χ2v) is 5.13. The van der Waals surface area contributed by atoms with Gasteiger partial charge in [0.25, 0.3) is 0 Å². The standard InChI is InChI=1S/C17H31N3/c1-4-19(5-2)14-12-18-13-15-20(6-3)16-17-10-8-7-9-11-17/h7-11,18H,4-6,12-16H2,1-3H3. The molecule has 0 atom stereocenters. The summed E-state index contributed by atoms with van der Waals surface area (Å²) in [6, 6.07) is 10.7. The highest BCUT2D eigenvalue weighted by atomic mass is 15.1. The molecule has 0 unspecified atom stereocenters. The Hall–Kier alpha value is -0.900. The van der Waals surface area contributed by atoms with Crippen LogP contribution in [-0.2, 0) is 6.54 Å². The van der Waals surface area contributed by atoms with Crippen LogP contribution in [0.2, 0.25) is 0 Å². The average Bonchev–Trinajstić information content (AvgIpc) is 2.50. The van der Waals surface area contributed by atoms with Gasteiger partial charge in [-0.25, -0.2) is 0 Å². The summed E-state index contributed by atoms with van der Waals surface area (Å²) >= 11 is 0.